The van der Waals surface area contributed by atoms with Crippen molar-refractivity contribution in [1.29, 1.82) is 0 Å². The molecule has 0 fully saturated rings. The van der Waals surface area contributed by atoms with Crippen LogP contribution < -0.4 is 10.5 Å². The zero-order valence-electron chi connectivity index (χ0n) is 7.56. The van der Waals surface area contributed by atoms with E-state index in [0.717, 1.165) is 0 Å². The lowest BCUT2D eigenvalue weighted by molar-refractivity contribution is -0.138. The van der Waals surface area contributed by atoms with Crippen LogP contribution in [0.1, 0.15) is 12.8 Å². The molecule has 0 saturated carbocycles. The second-order valence-electron chi connectivity index (χ2n) is 2.44. The van der Waals surface area contributed by atoms with Gasteiger partial charge in [0.25, 0.3) is 0 Å². The predicted molar refractivity (Wildman–Crippen MR) is 54.9 cm³/mol. The van der Waals surface area contributed by atoms with Gasteiger partial charge in [-0.2, -0.15) is 0 Å². The van der Waals surface area contributed by atoms with Gasteiger partial charge in [-0.05, 0) is 12.8 Å². The highest BCUT2D eigenvalue weighted by atomic mass is 32.2. The van der Waals surface area contributed by atoms with E-state index in [2.05, 4.69) is 9.71 Å². The summed E-state index contributed by atoms with van der Waals surface area (Å²) in [6.07, 6.45) is 4.65. The van der Waals surface area contributed by atoms with Crippen molar-refractivity contribution in [3.8, 4) is 0 Å². The third-order valence-electron chi connectivity index (χ3n) is 1.38. The molecule has 76 valence electrons. The lowest BCUT2D eigenvalue weighted by atomic mass is 10.2. The lowest BCUT2D eigenvalue weighted by Crippen LogP contribution is -2.29. The van der Waals surface area contributed by atoms with E-state index in [0.29, 0.717) is 19.4 Å². The van der Waals surface area contributed by atoms with Gasteiger partial charge in [0.1, 0.15) is 6.04 Å². The van der Waals surface area contributed by atoms with Gasteiger partial charge >= 0.3 is 5.97 Å². The summed E-state index contributed by atoms with van der Waals surface area (Å²) in [6.45, 7) is 0.606. The van der Waals surface area contributed by atoms with Crippen LogP contribution in [-0.2, 0) is 4.79 Å². The van der Waals surface area contributed by atoms with Crippen molar-refractivity contribution in [3.05, 3.63) is 0 Å². The maximum absolute atomic E-state index is 10.3. The lowest BCUT2D eigenvalue weighted by Gasteiger charge is -2.03. The maximum Gasteiger partial charge on any atom is 0.320 e. The molecule has 0 aliphatic carbocycles. The van der Waals surface area contributed by atoms with Crippen molar-refractivity contribution in [1.82, 2.24) is 4.72 Å². The Morgan fingerprint density at radius 1 is 1.85 bits per heavy atom. The van der Waals surface area contributed by atoms with Crippen LogP contribution in [0.2, 0.25) is 0 Å². The number of carboxylic acid groups (broad SMARTS) is 1. The minimum atomic E-state index is -0.953. The number of aliphatic imine (C=N–C) groups is 1. The largest absolute Gasteiger partial charge is 0.480 e. The summed E-state index contributed by atoms with van der Waals surface area (Å²) in [5.41, 5.74) is 5.29. The number of hydrogen-bond acceptors (Lipinski definition) is 4. The first-order valence-electron chi connectivity index (χ1n) is 3.93. The van der Waals surface area contributed by atoms with Crippen LogP contribution in [0.3, 0.4) is 0 Å². The van der Waals surface area contributed by atoms with Crippen molar-refractivity contribution >= 4 is 24.3 Å². The van der Waals surface area contributed by atoms with E-state index in [4.69, 9.17) is 10.8 Å². The Balaban J connectivity index is 3.30. The SMILES string of the molecule is CSNC=NCCC[C@@H](N)C(=O)O. The van der Waals surface area contributed by atoms with Gasteiger partial charge < -0.3 is 15.6 Å². The fourth-order valence-corrected chi connectivity index (χ4v) is 0.860. The van der Waals surface area contributed by atoms with E-state index < -0.39 is 12.0 Å². The van der Waals surface area contributed by atoms with Gasteiger partial charge in [0.05, 0.1) is 6.34 Å². The number of carbonyl (C=O) groups is 1. The molecule has 0 heterocycles. The molecule has 0 aromatic heterocycles. The first-order chi connectivity index (χ1) is 6.18. The number of rotatable bonds is 7. The van der Waals surface area contributed by atoms with E-state index in [9.17, 15) is 4.79 Å². The molecule has 6 heteroatoms. The normalized spacial score (nSPS) is 13.1. The molecule has 0 aromatic rings. The molecule has 0 spiro atoms. The van der Waals surface area contributed by atoms with E-state index in [1.807, 2.05) is 6.26 Å². The Bertz CT molecular complexity index is 175. The summed E-state index contributed by atoms with van der Waals surface area (Å²) < 4.78 is 2.84. The first-order valence-corrected chi connectivity index (χ1v) is 5.16. The fraction of sp³-hybridized carbons (Fsp3) is 0.714. The molecule has 13 heavy (non-hydrogen) atoms. The maximum atomic E-state index is 10.3. The van der Waals surface area contributed by atoms with Crippen molar-refractivity contribution < 1.29 is 9.90 Å². The summed E-state index contributed by atoms with van der Waals surface area (Å²) in [4.78, 5) is 14.3. The number of nitrogens with zero attached hydrogens (tertiary/aromatic N) is 1. The predicted octanol–water partition coefficient (Wildman–Crippen LogP) is 0.0744. The summed E-state index contributed by atoms with van der Waals surface area (Å²) in [7, 11) is 0. The minimum absolute atomic E-state index is 0.464. The van der Waals surface area contributed by atoms with Gasteiger partial charge in [-0.25, -0.2) is 0 Å². The number of aliphatic carboxylic acids is 1. The number of nitrogens with one attached hydrogen (secondary N) is 1. The smallest absolute Gasteiger partial charge is 0.320 e. The van der Waals surface area contributed by atoms with Crippen molar-refractivity contribution in [3.63, 3.8) is 0 Å². The average Bonchev–Trinajstić information content (AvgIpc) is 2.10. The van der Waals surface area contributed by atoms with E-state index in [1.165, 1.54) is 11.9 Å². The molecular weight excluding hydrogens is 190 g/mol. The van der Waals surface area contributed by atoms with Crippen molar-refractivity contribution in [2.75, 3.05) is 12.8 Å². The van der Waals surface area contributed by atoms with E-state index in [-0.39, 0.29) is 0 Å². The van der Waals surface area contributed by atoms with E-state index >= 15 is 0 Å². The standard InChI is InChI=1S/C7H15N3O2S/c1-13-10-5-9-4-2-3-6(8)7(11)12/h5-6H,2-4,8H2,1H3,(H,9,10)(H,11,12)/t6-/m1/s1. The second kappa shape index (κ2) is 7.88. The minimum Gasteiger partial charge on any atom is -0.480 e. The van der Waals surface area contributed by atoms with Gasteiger partial charge in [0.15, 0.2) is 0 Å². The number of carboxylic acids is 1. The highest BCUT2D eigenvalue weighted by Gasteiger charge is 2.09. The molecule has 0 radical (unpaired) electrons. The molecule has 0 amide bonds. The molecule has 4 N–H and O–H groups in total. The molecule has 0 saturated heterocycles. The number of nitrogens with two attached hydrogens (primary N) is 1. The molecule has 1 atom stereocenters. The Hall–Kier alpha value is -0.750. The Labute approximate surface area is 81.9 Å². The first kappa shape index (κ1) is 12.2. The zero-order valence-corrected chi connectivity index (χ0v) is 8.38. The van der Waals surface area contributed by atoms with Crippen molar-refractivity contribution in [2.45, 2.75) is 18.9 Å². The van der Waals surface area contributed by atoms with E-state index in [1.54, 1.807) is 6.34 Å². The molecular formula is C7H15N3O2S. The van der Waals surface area contributed by atoms with Crippen LogP contribution in [-0.4, -0.2) is 36.3 Å². The molecule has 0 aliphatic rings. The summed E-state index contributed by atoms with van der Waals surface area (Å²) >= 11 is 1.45. The van der Waals surface area contributed by atoms with Gasteiger partial charge in [0, 0.05) is 12.8 Å². The summed E-state index contributed by atoms with van der Waals surface area (Å²) in [5.74, 6) is -0.953. The summed E-state index contributed by atoms with van der Waals surface area (Å²) in [5, 5.41) is 8.44. The molecule has 0 aromatic carbocycles. The quantitative estimate of drug-likeness (QED) is 0.237. The van der Waals surface area contributed by atoms with Crippen LogP contribution in [0.5, 0.6) is 0 Å². The third-order valence-corrected chi connectivity index (χ3v) is 1.72. The van der Waals surface area contributed by atoms with Gasteiger partial charge in [-0.15, -0.1) is 0 Å². The van der Waals surface area contributed by atoms with Crippen LogP contribution in [0.4, 0.5) is 0 Å². The second-order valence-corrected chi connectivity index (χ2v) is 3.09. The fourth-order valence-electron chi connectivity index (χ4n) is 0.680. The van der Waals surface area contributed by atoms with Gasteiger partial charge in [0.2, 0.25) is 0 Å². The topological polar surface area (TPSA) is 87.7 Å². The highest BCUT2D eigenvalue weighted by molar-refractivity contribution is 7.97. The Kier molecular flexibility index (Phi) is 7.42. The van der Waals surface area contributed by atoms with Gasteiger partial charge in [-0.1, -0.05) is 11.9 Å². The van der Waals surface area contributed by atoms with Crippen LogP contribution in [0.15, 0.2) is 4.99 Å². The molecule has 0 unspecified atom stereocenters. The van der Waals surface area contributed by atoms with Crippen molar-refractivity contribution in [2.24, 2.45) is 10.7 Å². The highest BCUT2D eigenvalue weighted by Crippen LogP contribution is 1.94. The molecule has 0 aliphatic heterocycles. The molecule has 5 nitrogen and oxygen atoms in total. The molecule has 0 rings (SSSR count). The van der Waals surface area contributed by atoms with Crippen LogP contribution >= 0.6 is 11.9 Å². The summed E-state index contributed by atoms with van der Waals surface area (Å²) in [6, 6.07) is -0.760. The number of hydrogen-bond donors (Lipinski definition) is 3. The monoisotopic (exact) mass is 205 g/mol. The van der Waals surface area contributed by atoms with Crippen LogP contribution in [0.25, 0.3) is 0 Å². The molecule has 0 bridgehead atoms. The van der Waals surface area contributed by atoms with Crippen LogP contribution in [0, 0.1) is 0 Å². The van der Waals surface area contributed by atoms with Gasteiger partial charge in [-0.3, -0.25) is 9.79 Å². The Morgan fingerprint density at radius 3 is 3.08 bits per heavy atom. The third kappa shape index (κ3) is 7.61. The zero-order chi connectivity index (χ0) is 10.1. The Morgan fingerprint density at radius 2 is 2.54 bits per heavy atom. The average molecular weight is 205 g/mol.